The summed E-state index contributed by atoms with van der Waals surface area (Å²) in [6, 6.07) is 0. The van der Waals surface area contributed by atoms with Crippen LogP contribution in [0.2, 0.25) is 0 Å². The number of rotatable bonds is 4. The molecule has 0 amide bonds. The van der Waals surface area contributed by atoms with E-state index in [1.807, 2.05) is 0 Å². The predicted octanol–water partition coefficient (Wildman–Crippen LogP) is 2.73. The number of carbonyl (C=O) groups is 1. The second kappa shape index (κ2) is 5.75. The fraction of sp³-hybridized carbons (Fsp3) is 0.929. The van der Waals surface area contributed by atoms with Crippen molar-refractivity contribution in [2.75, 3.05) is 7.11 Å². The number of aliphatic hydroxyl groups is 1. The van der Waals surface area contributed by atoms with E-state index in [4.69, 9.17) is 4.74 Å². The van der Waals surface area contributed by atoms with Crippen LogP contribution in [0.1, 0.15) is 45.4 Å². The highest BCUT2D eigenvalue weighted by Gasteiger charge is 2.55. The van der Waals surface area contributed by atoms with Gasteiger partial charge in [-0.15, -0.1) is 0 Å². The van der Waals surface area contributed by atoms with Crippen LogP contribution in [0, 0.1) is 11.3 Å². The topological polar surface area (TPSA) is 46.5 Å². The monoisotopic (exact) mass is 366 g/mol. The number of ether oxygens (including phenoxy) is 1. The molecule has 2 fully saturated rings. The molecule has 3 nitrogen and oxygen atoms in total. The average Bonchev–Trinajstić information content (AvgIpc) is 2.38. The summed E-state index contributed by atoms with van der Waals surface area (Å²) in [5, 5.41) is 9.81. The van der Waals surface area contributed by atoms with Crippen LogP contribution in [0.5, 0.6) is 0 Å². The summed E-state index contributed by atoms with van der Waals surface area (Å²) in [6.45, 7) is 1.81. The standard InChI is InChI=1S/C14H23IO3/c1-9(16)12(15)13(18-2)10-5-3-4-7-14(10)8-6-11(14)17/h9-10,12-13,16H,3-8H2,1-2H3/t9-,10+,12-,13-,14+/m0/s1. The normalized spacial score (nSPS) is 37.1. The number of hydrogen-bond acceptors (Lipinski definition) is 3. The fourth-order valence-corrected chi connectivity index (χ4v) is 4.54. The van der Waals surface area contributed by atoms with E-state index >= 15 is 0 Å². The Morgan fingerprint density at radius 3 is 2.61 bits per heavy atom. The van der Waals surface area contributed by atoms with Gasteiger partial charge in [-0.1, -0.05) is 35.4 Å². The van der Waals surface area contributed by atoms with E-state index < -0.39 is 6.10 Å². The zero-order valence-corrected chi connectivity index (χ0v) is 13.4. The van der Waals surface area contributed by atoms with Crippen molar-refractivity contribution >= 4 is 28.4 Å². The van der Waals surface area contributed by atoms with E-state index in [0.29, 0.717) is 11.7 Å². The van der Waals surface area contributed by atoms with Crippen molar-refractivity contribution < 1.29 is 14.6 Å². The number of ketones is 1. The van der Waals surface area contributed by atoms with Crippen molar-refractivity contribution in [3.05, 3.63) is 0 Å². The molecular formula is C14H23IO3. The smallest absolute Gasteiger partial charge is 0.139 e. The maximum atomic E-state index is 12.1. The highest BCUT2D eigenvalue weighted by molar-refractivity contribution is 14.1. The van der Waals surface area contributed by atoms with Crippen molar-refractivity contribution in [2.24, 2.45) is 11.3 Å². The molecule has 0 radical (unpaired) electrons. The summed E-state index contributed by atoms with van der Waals surface area (Å²) in [7, 11) is 1.71. The minimum atomic E-state index is -0.398. The van der Waals surface area contributed by atoms with Crippen LogP contribution in [-0.4, -0.2) is 34.1 Å². The Bertz CT molecular complexity index is 318. The zero-order valence-electron chi connectivity index (χ0n) is 11.2. The first-order chi connectivity index (χ1) is 8.53. The molecule has 1 spiro atoms. The van der Waals surface area contributed by atoms with Crippen LogP contribution in [0.4, 0.5) is 0 Å². The number of halogens is 1. The molecule has 0 unspecified atom stereocenters. The van der Waals surface area contributed by atoms with Crippen molar-refractivity contribution in [2.45, 2.75) is 61.6 Å². The van der Waals surface area contributed by atoms with E-state index in [9.17, 15) is 9.90 Å². The molecule has 0 saturated heterocycles. The molecule has 0 heterocycles. The number of carbonyl (C=O) groups excluding carboxylic acids is 1. The summed E-state index contributed by atoms with van der Waals surface area (Å²) in [6.07, 6.45) is 5.81. The first kappa shape index (κ1) is 14.7. The maximum Gasteiger partial charge on any atom is 0.139 e. The molecule has 0 aromatic carbocycles. The number of alkyl halides is 1. The summed E-state index contributed by atoms with van der Waals surface area (Å²) in [5.74, 6) is 0.734. The molecule has 2 saturated carbocycles. The van der Waals surface area contributed by atoms with Gasteiger partial charge < -0.3 is 9.84 Å². The molecule has 2 rings (SSSR count). The lowest BCUT2D eigenvalue weighted by Crippen LogP contribution is -2.55. The Hall–Kier alpha value is 0.320. The third-order valence-electron chi connectivity index (χ3n) is 4.89. The van der Waals surface area contributed by atoms with Gasteiger partial charge in [-0.05, 0) is 32.1 Å². The molecule has 0 aromatic rings. The molecule has 0 aliphatic heterocycles. The molecule has 4 heteroatoms. The Morgan fingerprint density at radius 2 is 2.17 bits per heavy atom. The molecule has 2 aliphatic carbocycles. The van der Waals surface area contributed by atoms with Crippen LogP contribution in [0.15, 0.2) is 0 Å². The summed E-state index contributed by atoms with van der Waals surface area (Å²) in [5.41, 5.74) is -0.114. The van der Waals surface area contributed by atoms with E-state index in [-0.39, 0.29) is 15.4 Å². The van der Waals surface area contributed by atoms with Crippen LogP contribution in [-0.2, 0) is 9.53 Å². The molecule has 2 aliphatic rings. The minimum absolute atomic E-state index is 0.00449. The van der Waals surface area contributed by atoms with Gasteiger partial charge in [0.05, 0.1) is 16.1 Å². The van der Waals surface area contributed by atoms with Gasteiger partial charge in [0.15, 0.2) is 0 Å². The van der Waals surface area contributed by atoms with Crippen molar-refractivity contribution in [3.8, 4) is 0 Å². The number of methoxy groups -OCH3 is 1. The van der Waals surface area contributed by atoms with Crippen LogP contribution in [0.3, 0.4) is 0 Å². The Kier molecular flexibility index (Phi) is 4.70. The van der Waals surface area contributed by atoms with Crippen LogP contribution in [0.25, 0.3) is 0 Å². The zero-order chi connectivity index (χ0) is 13.3. The Morgan fingerprint density at radius 1 is 1.44 bits per heavy atom. The summed E-state index contributed by atoms with van der Waals surface area (Å²) in [4.78, 5) is 12.1. The van der Waals surface area contributed by atoms with Gasteiger partial charge in [-0.3, -0.25) is 4.79 Å². The average molecular weight is 366 g/mol. The summed E-state index contributed by atoms with van der Waals surface area (Å²) >= 11 is 2.27. The van der Waals surface area contributed by atoms with Gasteiger partial charge in [-0.2, -0.15) is 0 Å². The van der Waals surface area contributed by atoms with E-state index in [1.165, 1.54) is 12.8 Å². The van der Waals surface area contributed by atoms with E-state index in [1.54, 1.807) is 14.0 Å². The third-order valence-corrected chi connectivity index (χ3v) is 6.64. The third kappa shape index (κ3) is 2.36. The predicted molar refractivity (Wildman–Crippen MR) is 78.9 cm³/mol. The van der Waals surface area contributed by atoms with Crippen LogP contribution >= 0.6 is 22.6 Å². The molecule has 0 aromatic heterocycles. The highest BCUT2D eigenvalue weighted by atomic mass is 127. The number of hydrogen-bond donors (Lipinski definition) is 1. The summed E-state index contributed by atoms with van der Waals surface area (Å²) < 4.78 is 5.73. The lowest BCUT2D eigenvalue weighted by atomic mass is 9.53. The first-order valence-electron chi connectivity index (χ1n) is 6.91. The van der Waals surface area contributed by atoms with Crippen molar-refractivity contribution in [1.82, 2.24) is 0 Å². The highest BCUT2D eigenvalue weighted by Crippen LogP contribution is 2.55. The maximum absolute atomic E-state index is 12.1. The second-order valence-electron chi connectivity index (χ2n) is 5.82. The van der Waals surface area contributed by atoms with Gasteiger partial charge in [0, 0.05) is 18.9 Å². The largest absolute Gasteiger partial charge is 0.392 e. The molecule has 0 bridgehead atoms. The molecular weight excluding hydrogens is 343 g/mol. The molecule has 1 N–H and O–H groups in total. The quantitative estimate of drug-likeness (QED) is 0.615. The van der Waals surface area contributed by atoms with Gasteiger partial charge >= 0.3 is 0 Å². The van der Waals surface area contributed by atoms with Crippen LogP contribution < -0.4 is 0 Å². The molecule has 18 heavy (non-hydrogen) atoms. The van der Waals surface area contributed by atoms with Gasteiger partial charge in [0.25, 0.3) is 0 Å². The molecule has 5 atom stereocenters. The minimum Gasteiger partial charge on any atom is -0.392 e. The van der Waals surface area contributed by atoms with Gasteiger partial charge in [0.1, 0.15) is 5.78 Å². The SMILES string of the molecule is CO[C@H]([C@@H](I)[C@H](C)O)[C@H]1CCCC[C@@]12CCC2=O. The Balaban J connectivity index is 2.19. The molecule has 104 valence electrons. The first-order valence-corrected chi connectivity index (χ1v) is 8.16. The van der Waals surface area contributed by atoms with E-state index in [2.05, 4.69) is 22.6 Å². The van der Waals surface area contributed by atoms with Gasteiger partial charge in [-0.25, -0.2) is 0 Å². The van der Waals surface area contributed by atoms with Gasteiger partial charge in [0.2, 0.25) is 0 Å². The fourth-order valence-electron chi connectivity index (χ4n) is 3.74. The van der Waals surface area contributed by atoms with E-state index in [0.717, 1.165) is 25.7 Å². The number of aliphatic hydroxyl groups excluding tert-OH is 1. The van der Waals surface area contributed by atoms with Crippen molar-refractivity contribution in [1.29, 1.82) is 0 Å². The lowest BCUT2D eigenvalue weighted by Gasteiger charge is -2.52. The van der Waals surface area contributed by atoms with Crippen molar-refractivity contribution in [3.63, 3.8) is 0 Å². The Labute approximate surface area is 123 Å². The second-order valence-corrected chi connectivity index (χ2v) is 7.26. The number of Topliss-reactive ketones (excluding diaryl/α,β-unsaturated/α-hetero) is 1. The lowest BCUT2D eigenvalue weighted by molar-refractivity contribution is -0.154.